The maximum atomic E-state index is 6.59. The zero-order valence-electron chi connectivity index (χ0n) is 24.7. The van der Waals surface area contributed by atoms with Crippen LogP contribution in [0.4, 0.5) is 0 Å². The molecule has 0 aliphatic heterocycles. The van der Waals surface area contributed by atoms with Crippen molar-refractivity contribution in [2.75, 3.05) is 0 Å². The molecule has 6 aromatic carbocycles. The number of oxazole rings is 1. The summed E-state index contributed by atoms with van der Waals surface area (Å²) in [6.07, 6.45) is 0. The van der Waals surface area contributed by atoms with Crippen molar-refractivity contribution in [3.8, 4) is 56.4 Å². The van der Waals surface area contributed by atoms with Crippen LogP contribution in [0, 0.1) is 0 Å². The standard InChI is InChI=1S/C41H26N4O/c1-4-13-27(14-5-1)32-19-12-21-34-37(32)36(41-45(34)33-20-10-11-22-35(33)46-41)28-23-25-31(26-24-28)40-43-38(29-15-6-2-7-16-29)42-39(44-40)30-17-8-3-9-18-30/h1-26H. The Morgan fingerprint density at radius 3 is 1.48 bits per heavy atom. The van der Waals surface area contributed by atoms with Gasteiger partial charge in [0.1, 0.15) is 0 Å². The molecule has 0 N–H and O–H groups in total. The lowest BCUT2D eigenvalue weighted by Gasteiger charge is -2.10. The molecule has 9 rings (SSSR count). The second kappa shape index (κ2) is 10.7. The molecule has 0 saturated carbocycles. The summed E-state index contributed by atoms with van der Waals surface area (Å²) < 4.78 is 8.83. The van der Waals surface area contributed by atoms with Crippen molar-refractivity contribution in [1.82, 2.24) is 19.4 Å². The topological polar surface area (TPSA) is 56.2 Å². The summed E-state index contributed by atoms with van der Waals surface area (Å²) in [6.45, 7) is 0. The third-order valence-corrected chi connectivity index (χ3v) is 8.48. The summed E-state index contributed by atoms with van der Waals surface area (Å²) in [5, 5.41) is 1.16. The van der Waals surface area contributed by atoms with Crippen molar-refractivity contribution in [1.29, 1.82) is 0 Å². The summed E-state index contributed by atoms with van der Waals surface area (Å²) in [5.41, 5.74) is 11.1. The fourth-order valence-electron chi connectivity index (χ4n) is 6.34. The Bertz CT molecular complexity index is 2440. The Morgan fingerprint density at radius 2 is 0.870 bits per heavy atom. The Kier molecular flexibility index (Phi) is 6.06. The molecule has 46 heavy (non-hydrogen) atoms. The molecular formula is C41H26N4O. The first kappa shape index (κ1) is 26.1. The lowest BCUT2D eigenvalue weighted by molar-refractivity contribution is 0.658. The smallest absolute Gasteiger partial charge is 0.213 e. The summed E-state index contributed by atoms with van der Waals surface area (Å²) >= 11 is 0. The van der Waals surface area contributed by atoms with E-state index in [1.807, 2.05) is 72.8 Å². The van der Waals surface area contributed by atoms with Crippen molar-refractivity contribution in [2.45, 2.75) is 0 Å². The molecule has 0 fully saturated rings. The van der Waals surface area contributed by atoms with Gasteiger partial charge in [0.05, 0.1) is 16.6 Å². The Hall–Kier alpha value is -6.33. The van der Waals surface area contributed by atoms with Crippen molar-refractivity contribution >= 4 is 27.7 Å². The average Bonchev–Trinajstić information content (AvgIpc) is 3.67. The molecule has 5 heteroatoms. The van der Waals surface area contributed by atoms with Crippen LogP contribution in [0.3, 0.4) is 0 Å². The van der Waals surface area contributed by atoms with E-state index in [9.17, 15) is 0 Å². The number of hydrogen-bond donors (Lipinski definition) is 0. The third kappa shape index (κ3) is 4.29. The molecule has 0 amide bonds. The molecule has 0 aliphatic rings. The van der Waals surface area contributed by atoms with Gasteiger partial charge in [0, 0.05) is 22.1 Å². The molecule has 9 aromatic rings. The highest BCUT2D eigenvalue weighted by Crippen LogP contribution is 2.43. The molecule has 0 unspecified atom stereocenters. The minimum atomic E-state index is 0.625. The van der Waals surface area contributed by atoms with Gasteiger partial charge in [-0.25, -0.2) is 15.0 Å². The van der Waals surface area contributed by atoms with E-state index in [1.54, 1.807) is 0 Å². The van der Waals surface area contributed by atoms with E-state index in [0.29, 0.717) is 17.5 Å². The molecule has 0 bridgehead atoms. The minimum Gasteiger partial charge on any atom is -0.438 e. The Morgan fingerprint density at radius 1 is 0.391 bits per heavy atom. The average molecular weight is 591 g/mol. The second-order valence-corrected chi connectivity index (χ2v) is 11.3. The molecule has 3 heterocycles. The largest absolute Gasteiger partial charge is 0.438 e. The van der Waals surface area contributed by atoms with Crippen LogP contribution in [0.25, 0.3) is 84.1 Å². The van der Waals surface area contributed by atoms with Crippen molar-refractivity contribution in [2.24, 2.45) is 0 Å². The van der Waals surface area contributed by atoms with Gasteiger partial charge in [0.25, 0.3) is 0 Å². The summed E-state index contributed by atoms with van der Waals surface area (Å²) in [5.74, 6) is 1.91. The van der Waals surface area contributed by atoms with Crippen LogP contribution in [-0.2, 0) is 0 Å². The maximum absolute atomic E-state index is 6.59. The number of aromatic nitrogens is 4. The van der Waals surface area contributed by atoms with Crippen LogP contribution in [-0.4, -0.2) is 19.4 Å². The molecular weight excluding hydrogens is 564 g/mol. The monoisotopic (exact) mass is 590 g/mol. The first-order valence-corrected chi connectivity index (χ1v) is 15.3. The van der Waals surface area contributed by atoms with Gasteiger partial charge in [-0.1, -0.05) is 140 Å². The first-order valence-electron chi connectivity index (χ1n) is 15.3. The normalized spacial score (nSPS) is 11.5. The van der Waals surface area contributed by atoms with E-state index in [-0.39, 0.29) is 0 Å². The molecule has 3 aromatic heterocycles. The van der Waals surface area contributed by atoms with Gasteiger partial charge in [0.2, 0.25) is 5.71 Å². The van der Waals surface area contributed by atoms with Crippen LogP contribution < -0.4 is 0 Å². The summed E-state index contributed by atoms with van der Waals surface area (Å²) in [4.78, 5) is 14.7. The van der Waals surface area contributed by atoms with Gasteiger partial charge in [-0.2, -0.15) is 0 Å². The fraction of sp³-hybridized carbons (Fsp3) is 0. The van der Waals surface area contributed by atoms with E-state index >= 15 is 0 Å². The number of fused-ring (bicyclic) bond motifs is 5. The van der Waals surface area contributed by atoms with Crippen LogP contribution in [0.15, 0.2) is 162 Å². The molecule has 0 saturated heterocycles. The van der Waals surface area contributed by atoms with Crippen LogP contribution in [0.5, 0.6) is 0 Å². The van der Waals surface area contributed by atoms with Gasteiger partial charge < -0.3 is 4.42 Å². The highest BCUT2D eigenvalue weighted by molar-refractivity contribution is 6.13. The van der Waals surface area contributed by atoms with E-state index in [4.69, 9.17) is 19.4 Å². The number of nitrogens with zero attached hydrogens (tertiary/aromatic N) is 4. The highest BCUT2D eigenvalue weighted by atomic mass is 16.3. The lowest BCUT2D eigenvalue weighted by Crippen LogP contribution is -2.00. The lowest BCUT2D eigenvalue weighted by atomic mass is 9.95. The van der Waals surface area contributed by atoms with Crippen LogP contribution >= 0.6 is 0 Å². The predicted molar refractivity (Wildman–Crippen MR) is 185 cm³/mol. The summed E-state index contributed by atoms with van der Waals surface area (Å²) in [7, 11) is 0. The minimum absolute atomic E-state index is 0.625. The number of hydrogen-bond acceptors (Lipinski definition) is 4. The third-order valence-electron chi connectivity index (χ3n) is 8.48. The number of benzene rings is 6. The SMILES string of the molecule is c1ccc(-c2nc(-c3ccccc3)nc(-c3ccc(-c4c5c(-c6ccccc6)cccc5n5c4oc4ccccc45)cc3)n2)cc1. The fourth-order valence-corrected chi connectivity index (χ4v) is 6.34. The Balaban J connectivity index is 1.24. The molecule has 0 radical (unpaired) electrons. The molecule has 0 aliphatic carbocycles. The highest BCUT2D eigenvalue weighted by Gasteiger charge is 2.22. The van der Waals surface area contributed by atoms with Gasteiger partial charge in [-0.05, 0) is 34.9 Å². The zero-order chi connectivity index (χ0) is 30.5. The van der Waals surface area contributed by atoms with Crippen LogP contribution in [0.1, 0.15) is 0 Å². The van der Waals surface area contributed by atoms with Crippen molar-refractivity contribution in [3.63, 3.8) is 0 Å². The van der Waals surface area contributed by atoms with E-state index < -0.39 is 0 Å². The van der Waals surface area contributed by atoms with Crippen molar-refractivity contribution < 1.29 is 4.42 Å². The van der Waals surface area contributed by atoms with E-state index in [2.05, 4.69) is 89.3 Å². The molecule has 5 nitrogen and oxygen atoms in total. The predicted octanol–water partition coefficient (Wildman–Crippen LogP) is 10.4. The van der Waals surface area contributed by atoms with Gasteiger partial charge in [-0.3, -0.25) is 4.40 Å². The molecule has 0 spiro atoms. The second-order valence-electron chi connectivity index (χ2n) is 11.3. The number of rotatable bonds is 5. The van der Waals surface area contributed by atoms with Gasteiger partial charge in [0.15, 0.2) is 23.1 Å². The maximum Gasteiger partial charge on any atom is 0.213 e. The van der Waals surface area contributed by atoms with Crippen molar-refractivity contribution in [3.05, 3.63) is 158 Å². The van der Waals surface area contributed by atoms with Gasteiger partial charge in [-0.15, -0.1) is 0 Å². The zero-order valence-corrected chi connectivity index (χ0v) is 24.7. The molecule has 216 valence electrons. The first-order chi connectivity index (χ1) is 22.8. The molecule has 0 atom stereocenters. The summed E-state index contributed by atoms with van der Waals surface area (Å²) in [6, 6.07) is 53.8. The van der Waals surface area contributed by atoms with Gasteiger partial charge >= 0.3 is 0 Å². The number of para-hydroxylation sites is 2. The quantitative estimate of drug-likeness (QED) is 0.200. The van der Waals surface area contributed by atoms with E-state index in [1.165, 1.54) is 0 Å². The van der Waals surface area contributed by atoms with E-state index in [0.717, 1.165) is 66.7 Å². The van der Waals surface area contributed by atoms with Crippen LogP contribution in [0.2, 0.25) is 0 Å². The Labute approximate surface area is 265 Å².